The highest BCUT2D eigenvalue weighted by Gasteiger charge is 2.01. The molecule has 0 spiro atoms. The van der Waals surface area contributed by atoms with Gasteiger partial charge in [0.2, 0.25) is 4.80 Å². The van der Waals surface area contributed by atoms with E-state index in [1.165, 1.54) is 17.4 Å². The minimum atomic E-state index is -0.275. The smallest absolute Gasteiger partial charge is 0.264 e. The van der Waals surface area contributed by atoms with Crippen LogP contribution >= 0.6 is 11.3 Å². The molecule has 0 saturated carbocycles. The number of fused-ring (bicyclic) bond motifs is 1. The summed E-state index contributed by atoms with van der Waals surface area (Å²) in [5.74, 6) is 0.507. The number of hydrogen-bond acceptors (Lipinski definition) is 4. The van der Waals surface area contributed by atoms with E-state index in [0.717, 1.165) is 26.3 Å². The van der Waals surface area contributed by atoms with Crippen LogP contribution in [0, 0.1) is 0 Å². The first-order chi connectivity index (χ1) is 11.7. The maximum absolute atomic E-state index is 11.9. The number of nitrogens with zero attached hydrogens (tertiary/aromatic N) is 2. The molecule has 0 aliphatic heterocycles. The highest BCUT2D eigenvalue weighted by atomic mass is 32.1. The predicted octanol–water partition coefficient (Wildman–Crippen LogP) is 2.89. The third-order valence-electron chi connectivity index (χ3n) is 3.52. The molecule has 122 valence electrons. The molecule has 0 atom stereocenters. The monoisotopic (exact) mass is 339 g/mol. The summed E-state index contributed by atoms with van der Waals surface area (Å²) in [6.07, 6.45) is 3.19. The summed E-state index contributed by atoms with van der Waals surface area (Å²) in [5.41, 5.74) is 4.56. The van der Waals surface area contributed by atoms with E-state index in [-0.39, 0.29) is 5.91 Å². The average molecular weight is 339 g/mol. The number of nitrogens with one attached hydrogen (secondary N) is 1. The first kappa shape index (κ1) is 16.0. The molecule has 0 saturated heterocycles. The molecule has 0 aliphatic rings. The van der Waals surface area contributed by atoms with Gasteiger partial charge in [0.05, 0.1) is 17.3 Å². The summed E-state index contributed by atoms with van der Waals surface area (Å²) < 4.78 is 8.18. The second-order valence-electron chi connectivity index (χ2n) is 5.11. The van der Waals surface area contributed by atoms with Crippen molar-refractivity contribution < 1.29 is 9.53 Å². The van der Waals surface area contributed by atoms with Crippen molar-refractivity contribution in [3.8, 4) is 5.75 Å². The van der Waals surface area contributed by atoms with Crippen LogP contribution in [0.25, 0.3) is 16.3 Å². The molecule has 3 aromatic rings. The van der Waals surface area contributed by atoms with Crippen molar-refractivity contribution in [1.82, 2.24) is 9.99 Å². The molecule has 5 nitrogen and oxygen atoms in total. The molecule has 2 aromatic carbocycles. The van der Waals surface area contributed by atoms with Crippen LogP contribution in [0.4, 0.5) is 0 Å². The van der Waals surface area contributed by atoms with E-state index in [0.29, 0.717) is 0 Å². The Morgan fingerprint density at radius 1 is 1.21 bits per heavy atom. The van der Waals surface area contributed by atoms with E-state index in [1.807, 2.05) is 60.1 Å². The van der Waals surface area contributed by atoms with Gasteiger partial charge < -0.3 is 9.30 Å². The molecule has 24 heavy (non-hydrogen) atoms. The Labute approximate surface area is 143 Å². The number of carbonyl (C=O) groups excluding carboxylic acids is 1. The molecule has 0 bridgehead atoms. The fraction of sp³-hybridized carbons (Fsp3) is 0.111. The molecular weight excluding hydrogens is 322 g/mol. The summed E-state index contributed by atoms with van der Waals surface area (Å²) >= 11 is 1.53. The quantitative estimate of drug-likeness (QED) is 0.587. The lowest BCUT2D eigenvalue weighted by molar-refractivity contribution is -0.116. The maximum atomic E-state index is 11.9. The van der Waals surface area contributed by atoms with Crippen LogP contribution < -0.4 is 15.0 Å². The number of rotatable bonds is 4. The van der Waals surface area contributed by atoms with Gasteiger partial charge in [-0.25, -0.2) is 5.43 Å². The lowest BCUT2D eigenvalue weighted by atomic mass is 10.2. The molecule has 1 heterocycles. The summed E-state index contributed by atoms with van der Waals surface area (Å²) in [6, 6.07) is 15.5. The highest BCUT2D eigenvalue weighted by molar-refractivity contribution is 7.16. The number of thiazole rings is 1. The molecule has 0 aliphatic carbocycles. The van der Waals surface area contributed by atoms with Crippen LogP contribution in [0.3, 0.4) is 0 Å². The van der Waals surface area contributed by atoms with Gasteiger partial charge in [0.15, 0.2) is 0 Å². The fourth-order valence-electron chi connectivity index (χ4n) is 2.22. The van der Waals surface area contributed by atoms with Crippen molar-refractivity contribution in [2.24, 2.45) is 12.1 Å². The molecular formula is C18H17N3O2S. The van der Waals surface area contributed by atoms with Crippen LogP contribution in [0.15, 0.2) is 59.7 Å². The van der Waals surface area contributed by atoms with E-state index in [9.17, 15) is 4.79 Å². The number of benzene rings is 2. The van der Waals surface area contributed by atoms with Crippen molar-refractivity contribution in [2.75, 3.05) is 7.11 Å². The molecule has 1 aromatic heterocycles. The lowest BCUT2D eigenvalue weighted by Crippen LogP contribution is -2.21. The second kappa shape index (κ2) is 7.14. The van der Waals surface area contributed by atoms with Crippen LogP contribution in [-0.4, -0.2) is 17.6 Å². The number of aryl methyl sites for hydroxylation is 1. The maximum Gasteiger partial charge on any atom is 0.264 e. The second-order valence-corrected chi connectivity index (χ2v) is 6.11. The van der Waals surface area contributed by atoms with Gasteiger partial charge in [-0.1, -0.05) is 35.6 Å². The van der Waals surface area contributed by atoms with Gasteiger partial charge in [-0.3, -0.25) is 4.79 Å². The summed E-state index contributed by atoms with van der Waals surface area (Å²) in [7, 11) is 3.55. The largest absolute Gasteiger partial charge is 0.497 e. The minimum absolute atomic E-state index is 0.275. The number of hydrogen-bond donors (Lipinski definition) is 1. The molecule has 6 heteroatoms. The van der Waals surface area contributed by atoms with Gasteiger partial charge >= 0.3 is 0 Å². The predicted molar refractivity (Wildman–Crippen MR) is 96.5 cm³/mol. The van der Waals surface area contributed by atoms with Gasteiger partial charge in [-0.15, -0.1) is 5.10 Å². The number of amides is 1. The summed E-state index contributed by atoms with van der Waals surface area (Å²) in [6.45, 7) is 0. The van der Waals surface area contributed by atoms with E-state index in [2.05, 4.69) is 10.5 Å². The average Bonchev–Trinajstić information content (AvgIpc) is 2.95. The van der Waals surface area contributed by atoms with Crippen molar-refractivity contribution in [2.45, 2.75) is 0 Å². The van der Waals surface area contributed by atoms with Crippen LogP contribution in [0.1, 0.15) is 5.56 Å². The molecule has 1 N–H and O–H groups in total. The first-order valence-corrected chi connectivity index (χ1v) is 8.19. The number of para-hydroxylation sites is 1. The number of ether oxygens (including phenoxy) is 1. The van der Waals surface area contributed by atoms with Crippen molar-refractivity contribution in [3.05, 3.63) is 65.0 Å². The molecule has 0 fully saturated rings. The Balaban J connectivity index is 1.71. The van der Waals surface area contributed by atoms with Crippen molar-refractivity contribution in [3.63, 3.8) is 0 Å². The normalized spacial score (nSPS) is 12.0. The number of methoxy groups -OCH3 is 1. The Hall–Kier alpha value is -2.86. The van der Waals surface area contributed by atoms with Gasteiger partial charge in [-0.2, -0.15) is 0 Å². The Morgan fingerprint density at radius 2 is 1.96 bits per heavy atom. The molecule has 1 amide bonds. The van der Waals surface area contributed by atoms with Gasteiger partial charge in [0.25, 0.3) is 5.91 Å². The molecule has 0 radical (unpaired) electrons. The summed E-state index contributed by atoms with van der Waals surface area (Å²) in [5, 5.41) is 4.19. The van der Waals surface area contributed by atoms with E-state index in [1.54, 1.807) is 13.2 Å². The SMILES string of the molecule is COc1ccc(/C=C/C(=O)N/N=c2/sc3ccccc3n2C)cc1. The third-order valence-corrected chi connectivity index (χ3v) is 4.63. The van der Waals surface area contributed by atoms with Crippen molar-refractivity contribution in [1.29, 1.82) is 0 Å². The highest BCUT2D eigenvalue weighted by Crippen LogP contribution is 2.15. The molecule has 0 unspecified atom stereocenters. The fourth-order valence-corrected chi connectivity index (χ4v) is 3.19. The Kier molecular flexibility index (Phi) is 4.77. The van der Waals surface area contributed by atoms with E-state index in [4.69, 9.17) is 4.74 Å². The minimum Gasteiger partial charge on any atom is -0.497 e. The zero-order chi connectivity index (χ0) is 16.9. The van der Waals surface area contributed by atoms with Gasteiger partial charge in [-0.05, 0) is 35.9 Å². The zero-order valence-corrected chi connectivity index (χ0v) is 14.2. The van der Waals surface area contributed by atoms with Crippen molar-refractivity contribution >= 4 is 33.5 Å². The first-order valence-electron chi connectivity index (χ1n) is 7.38. The number of carbonyl (C=O) groups is 1. The van der Waals surface area contributed by atoms with Crippen LogP contribution in [-0.2, 0) is 11.8 Å². The van der Waals surface area contributed by atoms with Gasteiger partial charge in [0, 0.05) is 13.1 Å². The summed E-state index contributed by atoms with van der Waals surface area (Å²) in [4.78, 5) is 12.7. The lowest BCUT2D eigenvalue weighted by Gasteiger charge is -1.99. The topological polar surface area (TPSA) is 55.6 Å². The van der Waals surface area contributed by atoms with Gasteiger partial charge in [0.1, 0.15) is 5.75 Å². The standard InChI is InChI=1S/C18H17N3O2S/c1-21-15-5-3-4-6-16(15)24-18(21)20-19-17(22)12-9-13-7-10-14(23-2)11-8-13/h3-12H,1-2H3,(H,19,22)/b12-9+,20-18+. The number of aromatic nitrogens is 1. The van der Waals surface area contributed by atoms with E-state index >= 15 is 0 Å². The third kappa shape index (κ3) is 3.55. The Bertz CT molecular complexity index is 952. The van der Waals surface area contributed by atoms with E-state index < -0.39 is 0 Å². The molecule has 3 rings (SSSR count). The van der Waals surface area contributed by atoms with Crippen LogP contribution in [0.5, 0.6) is 5.75 Å². The zero-order valence-electron chi connectivity index (χ0n) is 13.4. The Morgan fingerprint density at radius 3 is 2.67 bits per heavy atom. The van der Waals surface area contributed by atoms with Crippen LogP contribution in [0.2, 0.25) is 0 Å².